The molecule has 6 aromatic rings. The van der Waals surface area contributed by atoms with E-state index in [-0.39, 0.29) is 23.4 Å². The number of fused-ring (bicyclic) bond motifs is 2. The van der Waals surface area contributed by atoms with Crippen LogP contribution in [0.5, 0.6) is 5.75 Å². The molecule has 322 valence electrons. The van der Waals surface area contributed by atoms with Crippen molar-refractivity contribution in [3.8, 4) is 5.75 Å². The zero-order valence-electron chi connectivity index (χ0n) is 35.9. The minimum atomic E-state index is -0.581. The van der Waals surface area contributed by atoms with E-state index in [1.54, 1.807) is 46.8 Å². The molecular formula is C43H55N13O5. The van der Waals surface area contributed by atoms with E-state index in [2.05, 4.69) is 31.0 Å². The van der Waals surface area contributed by atoms with E-state index in [9.17, 15) is 14.4 Å². The largest absolute Gasteiger partial charge is 0.491 e. The number of aryl methyl sites for hydroxylation is 5. The second-order valence-corrected chi connectivity index (χ2v) is 15.5. The number of ether oxygens (including phenoxy) is 2. The van der Waals surface area contributed by atoms with Gasteiger partial charge < -0.3 is 29.7 Å². The number of rotatable bonds is 19. The molecule has 0 bridgehead atoms. The fraction of sp³-hybridized carbons (Fsp3) is 0.419. The third kappa shape index (κ3) is 9.06. The molecule has 1 aliphatic rings. The van der Waals surface area contributed by atoms with E-state index >= 15 is 0 Å². The van der Waals surface area contributed by atoms with Crippen LogP contribution in [0, 0.1) is 20.8 Å². The first-order valence-corrected chi connectivity index (χ1v) is 20.6. The zero-order chi connectivity index (χ0) is 43.4. The highest BCUT2D eigenvalue weighted by molar-refractivity contribution is 6.04. The molecule has 5 N–H and O–H groups in total. The molecule has 0 radical (unpaired) electrons. The summed E-state index contributed by atoms with van der Waals surface area (Å²) in [5, 5.41) is 18.1. The maximum absolute atomic E-state index is 13.8. The molecule has 5 heterocycles. The third-order valence-electron chi connectivity index (χ3n) is 10.9. The first-order chi connectivity index (χ1) is 29.3. The van der Waals surface area contributed by atoms with Crippen molar-refractivity contribution in [2.75, 3.05) is 57.6 Å². The van der Waals surface area contributed by atoms with Crippen molar-refractivity contribution in [3.63, 3.8) is 0 Å². The van der Waals surface area contributed by atoms with E-state index < -0.39 is 5.91 Å². The lowest BCUT2D eigenvalue weighted by atomic mass is 9.93. The quantitative estimate of drug-likeness (QED) is 0.0669. The van der Waals surface area contributed by atoms with Gasteiger partial charge in [0, 0.05) is 65.0 Å². The first kappa shape index (κ1) is 42.7. The molecule has 3 amide bonds. The maximum atomic E-state index is 13.8. The molecule has 1 saturated heterocycles. The Bertz CT molecular complexity index is 2610. The number of anilines is 2. The van der Waals surface area contributed by atoms with Gasteiger partial charge in [-0.05, 0) is 96.1 Å². The number of primary amides is 1. The molecule has 0 spiro atoms. The van der Waals surface area contributed by atoms with Gasteiger partial charge in [0.25, 0.3) is 11.8 Å². The number of carbonyl (C=O) groups is 3. The van der Waals surface area contributed by atoms with Crippen molar-refractivity contribution in [3.05, 3.63) is 88.5 Å². The fourth-order valence-electron chi connectivity index (χ4n) is 7.97. The summed E-state index contributed by atoms with van der Waals surface area (Å²) in [5.74, 6) is 0.0200. The van der Waals surface area contributed by atoms with Gasteiger partial charge in [0.2, 0.25) is 17.8 Å². The fourth-order valence-corrected chi connectivity index (χ4v) is 7.97. The lowest BCUT2D eigenvalue weighted by Crippen LogP contribution is -2.66. The number of nitrogens with two attached hydrogens (primary N) is 1. The number of imidazole rings is 2. The summed E-state index contributed by atoms with van der Waals surface area (Å²) in [6, 6.07) is 12.5. The number of likely N-dealkylation sites (tertiary alicyclic amines) is 1. The van der Waals surface area contributed by atoms with Gasteiger partial charge in [-0.25, -0.2) is 9.97 Å². The van der Waals surface area contributed by atoms with E-state index in [1.807, 2.05) is 75.1 Å². The Labute approximate surface area is 354 Å². The van der Waals surface area contributed by atoms with Crippen LogP contribution in [0.25, 0.3) is 22.1 Å². The number of nitrogens with one attached hydrogen (secondary N) is 3. The van der Waals surface area contributed by atoms with E-state index in [0.29, 0.717) is 78.0 Å². The molecule has 2 aromatic carbocycles. The summed E-state index contributed by atoms with van der Waals surface area (Å²) in [5.41, 5.74) is 11.6. The Morgan fingerprint density at radius 2 is 1.44 bits per heavy atom. The SMILES string of the molecule is CCn1nc(C)cc1C(=O)Nc1nc2cc(C(N)=O)ccc2n1C/C=C/Cn1c(NC(=O)c2cc(C)nn2CC)nc2cc(C)cc(OCCCN3CC(CNC)(OC)C3)c21. The molecule has 0 saturated carbocycles. The molecule has 1 fully saturated rings. The highest BCUT2D eigenvalue weighted by Crippen LogP contribution is 2.32. The molecule has 0 unspecified atom stereocenters. The summed E-state index contributed by atoms with van der Waals surface area (Å²) in [6.07, 6.45) is 4.72. The van der Waals surface area contributed by atoms with Gasteiger partial charge in [-0.15, -0.1) is 0 Å². The molecular weight excluding hydrogens is 779 g/mol. The summed E-state index contributed by atoms with van der Waals surface area (Å²) < 4.78 is 19.4. The smallest absolute Gasteiger partial charge is 0.276 e. The number of allylic oxidation sites excluding steroid dienone is 2. The third-order valence-corrected chi connectivity index (χ3v) is 10.9. The molecule has 18 heteroatoms. The molecule has 0 aliphatic carbocycles. The highest BCUT2D eigenvalue weighted by Gasteiger charge is 2.42. The number of amides is 3. The Morgan fingerprint density at radius 1 is 0.836 bits per heavy atom. The number of methoxy groups -OCH3 is 1. The van der Waals surface area contributed by atoms with Crippen LogP contribution in [0.4, 0.5) is 11.9 Å². The van der Waals surface area contributed by atoms with Crippen LogP contribution in [0.1, 0.15) is 68.6 Å². The molecule has 7 rings (SSSR count). The second-order valence-electron chi connectivity index (χ2n) is 15.5. The van der Waals surface area contributed by atoms with Gasteiger partial charge in [-0.1, -0.05) is 12.2 Å². The van der Waals surface area contributed by atoms with Crippen LogP contribution in [-0.2, 0) is 30.9 Å². The average Bonchev–Trinajstić information content (AvgIpc) is 3.98. The van der Waals surface area contributed by atoms with Crippen LogP contribution in [0.15, 0.2) is 54.6 Å². The van der Waals surface area contributed by atoms with E-state index in [4.69, 9.17) is 25.2 Å². The summed E-state index contributed by atoms with van der Waals surface area (Å²) in [4.78, 5) is 51.4. The van der Waals surface area contributed by atoms with Crippen molar-refractivity contribution in [1.29, 1.82) is 0 Å². The number of hydrogen-bond acceptors (Lipinski definition) is 11. The van der Waals surface area contributed by atoms with Crippen molar-refractivity contribution < 1.29 is 23.9 Å². The van der Waals surface area contributed by atoms with Gasteiger partial charge in [-0.3, -0.25) is 39.3 Å². The topological polar surface area (TPSA) is 206 Å². The van der Waals surface area contributed by atoms with Crippen molar-refractivity contribution in [2.24, 2.45) is 5.73 Å². The molecule has 18 nitrogen and oxygen atoms in total. The number of benzene rings is 2. The van der Waals surface area contributed by atoms with E-state index in [0.717, 1.165) is 55.1 Å². The predicted molar refractivity (Wildman–Crippen MR) is 233 cm³/mol. The molecule has 1 aliphatic heterocycles. The van der Waals surface area contributed by atoms with Crippen LogP contribution in [0.3, 0.4) is 0 Å². The molecule has 61 heavy (non-hydrogen) atoms. The van der Waals surface area contributed by atoms with Crippen LogP contribution in [0.2, 0.25) is 0 Å². The van der Waals surface area contributed by atoms with Crippen LogP contribution in [-0.4, -0.2) is 114 Å². The van der Waals surface area contributed by atoms with Crippen molar-refractivity contribution in [2.45, 2.75) is 72.8 Å². The van der Waals surface area contributed by atoms with Gasteiger partial charge in [0.05, 0.1) is 34.5 Å². The lowest BCUT2D eigenvalue weighted by molar-refractivity contribution is -0.121. The first-order valence-electron chi connectivity index (χ1n) is 20.6. The Hall–Kier alpha value is -6.37. The van der Waals surface area contributed by atoms with Gasteiger partial charge in [0.15, 0.2) is 0 Å². The normalized spacial score (nSPS) is 14.0. The van der Waals surface area contributed by atoms with Crippen molar-refractivity contribution >= 4 is 51.7 Å². The summed E-state index contributed by atoms with van der Waals surface area (Å²) in [7, 11) is 3.70. The Balaban J connectivity index is 1.17. The lowest BCUT2D eigenvalue weighted by Gasteiger charge is -2.49. The number of nitrogens with zero attached hydrogens (tertiary/aromatic N) is 9. The van der Waals surface area contributed by atoms with Gasteiger partial charge in [-0.2, -0.15) is 10.2 Å². The Morgan fingerprint density at radius 3 is 2.03 bits per heavy atom. The minimum Gasteiger partial charge on any atom is -0.491 e. The minimum absolute atomic E-state index is 0.153. The Kier molecular flexibility index (Phi) is 12.7. The zero-order valence-corrected chi connectivity index (χ0v) is 35.9. The number of aromatic nitrogens is 8. The van der Waals surface area contributed by atoms with Crippen LogP contribution < -0.4 is 26.4 Å². The van der Waals surface area contributed by atoms with Gasteiger partial charge >= 0.3 is 0 Å². The standard InChI is InChI=1S/C43H55N13O5/c1-8-55-34(21-28(4)50-55)39(58)48-41-46-31-23-30(38(44)57)13-14-33(31)53(41)16-10-11-17-54-37-32(47-42(54)49-40(59)35-22-29(5)51-56(35)9-2)19-27(3)20-36(37)61-18-12-15-52-25-43(26-52,60-7)24-45-6/h10-11,13-14,19-23,45H,8-9,12,15-18,24-26H2,1-7H3,(H2,44,57)(H,46,48,58)(H,47,49,59)/b11-10+. The van der Waals surface area contributed by atoms with Crippen molar-refractivity contribution in [1.82, 2.24) is 48.9 Å². The second kappa shape index (κ2) is 18.1. The number of hydrogen-bond donors (Lipinski definition) is 4. The monoisotopic (exact) mass is 833 g/mol. The number of carbonyl (C=O) groups excluding carboxylic acids is 3. The van der Waals surface area contributed by atoms with Crippen LogP contribution >= 0.6 is 0 Å². The number of likely N-dealkylation sites (N-methyl/N-ethyl adjacent to an activating group) is 1. The van der Waals surface area contributed by atoms with E-state index in [1.165, 1.54) is 0 Å². The summed E-state index contributed by atoms with van der Waals surface area (Å²) >= 11 is 0. The molecule has 0 atom stereocenters. The average molecular weight is 834 g/mol. The maximum Gasteiger partial charge on any atom is 0.276 e. The molecule has 4 aromatic heterocycles. The summed E-state index contributed by atoms with van der Waals surface area (Å²) in [6.45, 7) is 15.1. The highest BCUT2D eigenvalue weighted by atomic mass is 16.5. The van der Waals surface area contributed by atoms with Gasteiger partial charge in [0.1, 0.15) is 28.3 Å². The predicted octanol–water partition coefficient (Wildman–Crippen LogP) is 4.29.